The monoisotopic (exact) mass is 508 g/mol. The smallest absolute Gasteiger partial charge is 0.422 e. The zero-order chi connectivity index (χ0) is 25.0. The molecule has 1 fully saturated rings. The summed E-state index contributed by atoms with van der Waals surface area (Å²) in [6, 6.07) is 10.5. The number of benzene rings is 1. The Morgan fingerprint density at radius 2 is 1.74 bits per heavy atom. The Kier molecular flexibility index (Phi) is 7.66. The second-order valence-electron chi connectivity index (χ2n) is 8.43. The molecule has 0 radical (unpaired) electrons. The lowest BCUT2D eigenvalue weighted by molar-refractivity contribution is -0.153. The molecule has 1 aliphatic heterocycles. The number of hydrogen-bond donors (Lipinski definition) is 0. The molecule has 0 amide bonds. The summed E-state index contributed by atoms with van der Waals surface area (Å²) in [6.07, 6.45) is -2.17. The molecule has 2 aromatic heterocycles. The van der Waals surface area contributed by atoms with E-state index in [1.807, 2.05) is 22.4 Å². The summed E-state index contributed by atoms with van der Waals surface area (Å²) >= 11 is 1.43. The first kappa shape index (κ1) is 25.1. The number of nitrogens with zero attached hydrogens (tertiary/aromatic N) is 4. The molecule has 1 saturated heterocycles. The first-order chi connectivity index (χ1) is 16.7. The summed E-state index contributed by atoms with van der Waals surface area (Å²) in [5.41, 5.74) is 0.543. The highest BCUT2D eigenvalue weighted by molar-refractivity contribution is 7.12. The summed E-state index contributed by atoms with van der Waals surface area (Å²) < 4.78 is 45.6. The van der Waals surface area contributed by atoms with E-state index in [9.17, 15) is 22.8 Å². The van der Waals surface area contributed by atoms with E-state index in [0.717, 1.165) is 18.1 Å². The molecule has 0 unspecified atom stereocenters. The van der Waals surface area contributed by atoms with Gasteiger partial charge in [0.1, 0.15) is 10.8 Å². The van der Waals surface area contributed by atoms with Gasteiger partial charge in [0.25, 0.3) is 5.56 Å². The Hall–Kier alpha value is -3.05. The SMILES string of the molecule is Cc1cn(-c2cccs2)c(=O)n(CCCN2CCN(c3ccccc3OCC(F)(F)F)CC2)c1=O. The van der Waals surface area contributed by atoms with E-state index in [2.05, 4.69) is 4.90 Å². The molecule has 3 heterocycles. The van der Waals surface area contributed by atoms with Gasteiger partial charge in [-0.3, -0.25) is 18.8 Å². The number of para-hydroxylation sites is 2. The quantitative estimate of drug-likeness (QED) is 0.466. The summed E-state index contributed by atoms with van der Waals surface area (Å²) in [4.78, 5) is 29.7. The normalized spacial score (nSPS) is 14.9. The third-order valence-electron chi connectivity index (χ3n) is 5.91. The van der Waals surface area contributed by atoms with E-state index >= 15 is 0 Å². The number of hydrogen-bond acceptors (Lipinski definition) is 6. The van der Waals surface area contributed by atoms with Crippen molar-refractivity contribution in [2.24, 2.45) is 0 Å². The van der Waals surface area contributed by atoms with Gasteiger partial charge in [0.15, 0.2) is 6.61 Å². The Morgan fingerprint density at radius 1 is 1.00 bits per heavy atom. The van der Waals surface area contributed by atoms with Gasteiger partial charge in [0.2, 0.25) is 0 Å². The number of ether oxygens (including phenoxy) is 1. The third-order valence-corrected chi connectivity index (χ3v) is 6.78. The molecule has 4 rings (SSSR count). The predicted molar refractivity (Wildman–Crippen MR) is 130 cm³/mol. The molecule has 0 saturated carbocycles. The molecule has 188 valence electrons. The van der Waals surface area contributed by atoms with Crippen LogP contribution in [0.3, 0.4) is 0 Å². The molecular formula is C24H27F3N4O3S. The van der Waals surface area contributed by atoms with E-state index in [1.165, 1.54) is 20.5 Å². The van der Waals surface area contributed by atoms with Crippen LogP contribution >= 0.6 is 11.3 Å². The Bertz CT molecular complexity index is 1250. The molecule has 0 aliphatic carbocycles. The molecule has 35 heavy (non-hydrogen) atoms. The first-order valence-electron chi connectivity index (χ1n) is 11.4. The molecule has 11 heteroatoms. The summed E-state index contributed by atoms with van der Waals surface area (Å²) in [5.74, 6) is 0.221. The maximum atomic E-state index is 12.9. The number of halogens is 3. The highest BCUT2D eigenvalue weighted by Crippen LogP contribution is 2.30. The fraction of sp³-hybridized carbons (Fsp3) is 0.417. The van der Waals surface area contributed by atoms with Gasteiger partial charge in [-0.25, -0.2) is 4.79 Å². The maximum Gasteiger partial charge on any atom is 0.422 e. The van der Waals surface area contributed by atoms with Crippen molar-refractivity contribution in [2.75, 3.05) is 44.2 Å². The summed E-state index contributed by atoms with van der Waals surface area (Å²) in [5, 5.41) is 2.65. The Balaban J connectivity index is 1.34. The van der Waals surface area contributed by atoms with Crippen molar-refractivity contribution in [2.45, 2.75) is 26.1 Å². The van der Waals surface area contributed by atoms with E-state index in [0.29, 0.717) is 43.9 Å². The van der Waals surface area contributed by atoms with Crippen LogP contribution in [-0.2, 0) is 6.54 Å². The van der Waals surface area contributed by atoms with Crippen LogP contribution in [0.1, 0.15) is 12.0 Å². The highest BCUT2D eigenvalue weighted by Gasteiger charge is 2.29. The van der Waals surface area contributed by atoms with Crippen molar-refractivity contribution in [3.05, 3.63) is 74.4 Å². The topological polar surface area (TPSA) is 59.7 Å². The van der Waals surface area contributed by atoms with Gasteiger partial charge in [0, 0.05) is 44.5 Å². The van der Waals surface area contributed by atoms with Crippen LogP contribution in [0, 0.1) is 6.92 Å². The van der Waals surface area contributed by atoms with Gasteiger partial charge in [-0.2, -0.15) is 13.2 Å². The molecule has 0 spiro atoms. The van der Waals surface area contributed by atoms with Gasteiger partial charge < -0.3 is 9.64 Å². The average Bonchev–Trinajstić information content (AvgIpc) is 3.37. The largest absolute Gasteiger partial charge is 0.482 e. The van der Waals surface area contributed by atoms with Crippen LogP contribution in [0.5, 0.6) is 5.75 Å². The van der Waals surface area contributed by atoms with Crippen LogP contribution in [-0.4, -0.2) is 59.5 Å². The highest BCUT2D eigenvalue weighted by atomic mass is 32.1. The van der Waals surface area contributed by atoms with E-state index in [-0.39, 0.29) is 17.0 Å². The van der Waals surface area contributed by atoms with Gasteiger partial charge in [0.05, 0.1) is 5.69 Å². The molecule has 1 aliphatic rings. The average molecular weight is 509 g/mol. The molecule has 0 bridgehead atoms. The Morgan fingerprint density at radius 3 is 2.43 bits per heavy atom. The summed E-state index contributed by atoms with van der Waals surface area (Å²) in [7, 11) is 0. The number of aromatic nitrogens is 2. The van der Waals surface area contributed by atoms with Gasteiger partial charge in [-0.15, -0.1) is 11.3 Å². The van der Waals surface area contributed by atoms with Crippen molar-refractivity contribution < 1.29 is 17.9 Å². The zero-order valence-corrected chi connectivity index (χ0v) is 20.1. The van der Waals surface area contributed by atoms with Gasteiger partial charge >= 0.3 is 11.9 Å². The van der Waals surface area contributed by atoms with Gasteiger partial charge in [-0.05, 0) is 49.5 Å². The number of rotatable bonds is 8. The fourth-order valence-electron chi connectivity index (χ4n) is 4.16. The zero-order valence-electron chi connectivity index (χ0n) is 19.3. The van der Waals surface area contributed by atoms with Gasteiger partial charge in [-0.1, -0.05) is 12.1 Å². The van der Waals surface area contributed by atoms with Crippen LogP contribution in [0.4, 0.5) is 18.9 Å². The molecule has 7 nitrogen and oxygen atoms in total. The molecule has 0 atom stereocenters. The summed E-state index contributed by atoms with van der Waals surface area (Å²) in [6.45, 7) is 4.13. The lowest BCUT2D eigenvalue weighted by Crippen LogP contribution is -2.47. The lowest BCUT2D eigenvalue weighted by Gasteiger charge is -2.36. The number of anilines is 1. The van der Waals surface area contributed by atoms with Crippen molar-refractivity contribution in [1.29, 1.82) is 0 Å². The molecule has 0 N–H and O–H groups in total. The van der Waals surface area contributed by atoms with Crippen molar-refractivity contribution in [3.8, 4) is 10.8 Å². The lowest BCUT2D eigenvalue weighted by atomic mass is 10.2. The third kappa shape index (κ3) is 6.15. The molecule has 3 aromatic rings. The molecular weight excluding hydrogens is 481 g/mol. The number of thiophene rings is 1. The number of aryl methyl sites for hydroxylation is 1. The van der Waals surface area contributed by atoms with Crippen LogP contribution in [0.15, 0.2) is 57.6 Å². The number of alkyl halides is 3. The Labute approximate surface area is 204 Å². The fourth-order valence-corrected chi connectivity index (χ4v) is 4.86. The maximum absolute atomic E-state index is 12.9. The minimum atomic E-state index is -4.39. The van der Waals surface area contributed by atoms with Crippen molar-refractivity contribution >= 4 is 17.0 Å². The van der Waals surface area contributed by atoms with E-state index < -0.39 is 12.8 Å². The van der Waals surface area contributed by atoms with E-state index in [4.69, 9.17) is 4.74 Å². The predicted octanol–water partition coefficient (Wildman–Crippen LogP) is 3.52. The molecule has 1 aromatic carbocycles. The van der Waals surface area contributed by atoms with E-state index in [1.54, 1.807) is 37.4 Å². The number of piperazine rings is 1. The standard InChI is InChI=1S/C24H27F3N4O3S/c1-18-16-31(21-8-4-15-35-21)23(33)30(22(18)32)10-5-9-28-11-13-29(14-12-28)19-6-2-3-7-20(19)34-17-24(25,26)27/h2-4,6-8,15-16H,5,9-14,17H2,1H3. The van der Waals surface area contributed by atoms with Crippen molar-refractivity contribution in [1.82, 2.24) is 14.0 Å². The minimum absolute atomic E-state index is 0.221. The van der Waals surface area contributed by atoms with Crippen LogP contribution in [0.25, 0.3) is 5.00 Å². The van der Waals surface area contributed by atoms with Crippen LogP contribution < -0.4 is 20.9 Å². The minimum Gasteiger partial charge on any atom is -0.482 e. The first-order valence-corrected chi connectivity index (χ1v) is 12.2. The second kappa shape index (κ2) is 10.7. The van der Waals surface area contributed by atoms with Crippen molar-refractivity contribution in [3.63, 3.8) is 0 Å². The van der Waals surface area contributed by atoms with Crippen LogP contribution in [0.2, 0.25) is 0 Å². The second-order valence-corrected chi connectivity index (χ2v) is 9.35.